The fourth-order valence-electron chi connectivity index (χ4n) is 1.69. The molecule has 102 valence electrons. The smallest absolute Gasteiger partial charge is 0.172 e. The molecular weight excluding hydrogens is 298 g/mol. The summed E-state index contributed by atoms with van der Waals surface area (Å²) in [6.07, 6.45) is 0. The van der Waals surface area contributed by atoms with Crippen LogP contribution in [0.25, 0.3) is 0 Å². The third-order valence-electron chi connectivity index (χ3n) is 2.90. The normalized spacial score (nSPS) is 12.8. The lowest BCUT2D eigenvalue weighted by atomic mass is 10.1. The van der Waals surface area contributed by atoms with Gasteiger partial charge in [0, 0.05) is 19.7 Å². The molecule has 0 aliphatic carbocycles. The maximum absolute atomic E-state index is 9.74. The third-order valence-corrected chi connectivity index (χ3v) is 3.50. The maximum Gasteiger partial charge on any atom is 0.172 e. The van der Waals surface area contributed by atoms with Gasteiger partial charge in [0.15, 0.2) is 11.5 Å². The van der Waals surface area contributed by atoms with E-state index in [0.29, 0.717) is 22.9 Å². The molecule has 1 aromatic rings. The molecule has 4 nitrogen and oxygen atoms in total. The molecule has 0 saturated heterocycles. The van der Waals surface area contributed by atoms with E-state index in [9.17, 15) is 5.11 Å². The molecule has 0 aliphatic heterocycles. The minimum atomic E-state index is 0.133. The van der Waals surface area contributed by atoms with Gasteiger partial charge in [-0.1, -0.05) is 0 Å². The van der Waals surface area contributed by atoms with Gasteiger partial charge in [-0.2, -0.15) is 0 Å². The van der Waals surface area contributed by atoms with Gasteiger partial charge < -0.3 is 14.6 Å². The van der Waals surface area contributed by atoms with Gasteiger partial charge in [0.25, 0.3) is 0 Å². The van der Waals surface area contributed by atoms with Crippen LogP contribution in [0.1, 0.15) is 12.5 Å². The van der Waals surface area contributed by atoms with Crippen LogP contribution in [-0.4, -0.2) is 43.9 Å². The minimum Gasteiger partial charge on any atom is -0.503 e. The van der Waals surface area contributed by atoms with Crippen LogP contribution in [0.3, 0.4) is 0 Å². The Morgan fingerprint density at radius 2 is 2.06 bits per heavy atom. The first-order valence-corrected chi connectivity index (χ1v) is 6.53. The van der Waals surface area contributed by atoms with Gasteiger partial charge in [0.05, 0.1) is 18.2 Å². The molecule has 0 bridgehead atoms. The quantitative estimate of drug-likeness (QED) is 0.875. The summed E-state index contributed by atoms with van der Waals surface area (Å²) in [5, 5.41) is 9.74. The fourth-order valence-corrected chi connectivity index (χ4v) is 2.18. The number of benzene rings is 1. The Kier molecular flexibility index (Phi) is 5.91. The second-order valence-corrected chi connectivity index (χ2v) is 5.20. The van der Waals surface area contributed by atoms with Gasteiger partial charge in [0.1, 0.15) is 0 Å². The van der Waals surface area contributed by atoms with Gasteiger partial charge in [-0.25, -0.2) is 0 Å². The van der Waals surface area contributed by atoms with Crippen LogP contribution in [0.2, 0.25) is 0 Å². The first-order chi connectivity index (χ1) is 8.49. The van der Waals surface area contributed by atoms with E-state index < -0.39 is 0 Å². The van der Waals surface area contributed by atoms with Gasteiger partial charge >= 0.3 is 0 Å². The zero-order chi connectivity index (χ0) is 13.7. The highest BCUT2D eigenvalue weighted by molar-refractivity contribution is 9.10. The van der Waals surface area contributed by atoms with Crippen molar-refractivity contribution in [2.75, 3.05) is 27.9 Å². The van der Waals surface area contributed by atoms with Crippen LogP contribution < -0.4 is 4.74 Å². The number of ether oxygens (including phenoxy) is 2. The van der Waals surface area contributed by atoms with Gasteiger partial charge in [-0.15, -0.1) is 0 Å². The van der Waals surface area contributed by atoms with Gasteiger partial charge in [-0.3, -0.25) is 4.90 Å². The molecule has 1 atom stereocenters. The Hall–Kier alpha value is -0.780. The molecule has 0 spiro atoms. The van der Waals surface area contributed by atoms with Gasteiger partial charge in [-0.05, 0) is 47.6 Å². The van der Waals surface area contributed by atoms with Crippen molar-refractivity contribution in [1.82, 2.24) is 4.90 Å². The number of hydrogen-bond donors (Lipinski definition) is 1. The van der Waals surface area contributed by atoms with Crippen LogP contribution in [0.4, 0.5) is 0 Å². The minimum absolute atomic E-state index is 0.133. The van der Waals surface area contributed by atoms with Crippen molar-refractivity contribution in [2.24, 2.45) is 0 Å². The highest BCUT2D eigenvalue weighted by Crippen LogP contribution is 2.35. The van der Waals surface area contributed by atoms with E-state index in [-0.39, 0.29) is 5.75 Å². The van der Waals surface area contributed by atoms with Crippen LogP contribution >= 0.6 is 15.9 Å². The molecule has 0 aliphatic rings. The molecule has 5 heteroatoms. The molecule has 18 heavy (non-hydrogen) atoms. The number of phenols is 1. The van der Waals surface area contributed by atoms with Crippen molar-refractivity contribution < 1.29 is 14.6 Å². The average molecular weight is 318 g/mol. The number of phenolic OH excluding ortho intramolecular Hbond substituents is 1. The zero-order valence-electron chi connectivity index (χ0n) is 11.2. The number of aromatic hydroxyl groups is 1. The van der Waals surface area contributed by atoms with Crippen LogP contribution in [0, 0.1) is 0 Å². The molecule has 1 N–H and O–H groups in total. The van der Waals surface area contributed by atoms with Crippen LogP contribution in [0.15, 0.2) is 16.6 Å². The summed E-state index contributed by atoms with van der Waals surface area (Å²) < 4.78 is 10.9. The third kappa shape index (κ3) is 3.86. The number of hydrogen-bond acceptors (Lipinski definition) is 4. The standard InChI is InChI=1S/C13H20BrNO3/c1-9(8-17-3)15(2)7-10-5-11(14)13(16)12(6-10)18-4/h5-6,9,16H,7-8H2,1-4H3. The van der Waals surface area contributed by atoms with Crippen molar-refractivity contribution in [2.45, 2.75) is 19.5 Å². The molecule has 1 rings (SSSR count). The fraction of sp³-hybridized carbons (Fsp3) is 0.538. The predicted molar refractivity (Wildman–Crippen MR) is 75.2 cm³/mol. The Morgan fingerprint density at radius 3 is 2.61 bits per heavy atom. The molecule has 0 saturated carbocycles. The van der Waals surface area contributed by atoms with E-state index in [1.165, 1.54) is 0 Å². The Morgan fingerprint density at radius 1 is 1.39 bits per heavy atom. The Balaban J connectivity index is 2.81. The van der Waals surface area contributed by atoms with Crippen LogP contribution in [0.5, 0.6) is 11.5 Å². The van der Waals surface area contributed by atoms with Crippen molar-refractivity contribution in [3.05, 3.63) is 22.2 Å². The van der Waals surface area contributed by atoms with E-state index in [2.05, 4.69) is 27.8 Å². The Labute approximate surface area is 117 Å². The topological polar surface area (TPSA) is 41.9 Å². The first kappa shape index (κ1) is 15.3. The molecule has 0 aromatic heterocycles. The number of methoxy groups -OCH3 is 2. The lowest BCUT2D eigenvalue weighted by Crippen LogP contribution is -2.32. The second-order valence-electron chi connectivity index (χ2n) is 4.35. The molecule has 0 heterocycles. The largest absolute Gasteiger partial charge is 0.503 e. The second kappa shape index (κ2) is 6.97. The number of nitrogens with zero attached hydrogens (tertiary/aromatic N) is 1. The van der Waals surface area contributed by atoms with Crippen molar-refractivity contribution >= 4 is 15.9 Å². The SMILES string of the molecule is COCC(C)N(C)Cc1cc(Br)c(O)c(OC)c1. The van der Waals surface area contributed by atoms with E-state index >= 15 is 0 Å². The lowest BCUT2D eigenvalue weighted by molar-refractivity contribution is 0.112. The zero-order valence-corrected chi connectivity index (χ0v) is 12.8. The Bertz CT molecular complexity index is 398. The number of rotatable bonds is 6. The van der Waals surface area contributed by atoms with Crippen molar-refractivity contribution in [1.29, 1.82) is 0 Å². The summed E-state index contributed by atoms with van der Waals surface area (Å²) in [4.78, 5) is 2.18. The monoisotopic (exact) mass is 317 g/mol. The summed E-state index contributed by atoms with van der Waals surface area (Å²) in [7, 11) is 5.28. The van der Waals surface area contributed by atoms with E-state index in [0.717, 1.165) is 12.1 Å². The van der Waals surface area contributed by atoms with Crippen molar-refractivity contribution in [3.63, 3.8) is 0 Å². The maximum atomic E-state index is 9.74. The highest BCUT2D eigenvalue weighted by Gasteiger charge is 2.13. The number of likely N-dealkylation sites (N-methyl/N-ethyl adjacent to an activating group) is 1. The van der Waals surface area contributed by atoms with Crippen molar-refractivity contribution in [3.8, 4) is 11.5 Å². The molecule has 0 radical (unpaired) electrons. The van der Waals surface area contributed by atoms with Crippen LogP contribution in [-0.2, 0) is 11.3 Å². The first-order valence-electron chi connectivity index (χ1n) is 5.74. The molecule has 0 amide bonds. The summed E-state index contributed by atoms with van der Waals surface area (Å²) in [5.74, 6) is 0.612. The summed E-state index contributed by atoms with van der Waals surface area (Å²) in [5.41, 5.74) is 1.07. The van der Waals surface area contributed by atoms with E-state index in [1.54, 1.807) is 14.2 Å². The van der Waals surface area contributed by atoms with E-state index in [1.807, 2.05) is 19.2 Å². The van der Waals surface area contributed by atoms with E-state index in [4.69, 9.17) is 9.47 Å². The molecule has 0 fully saturated rings. The van der Waals surface area contributed by atoms with Gasteiger partial charge in [0.2, 0.25) is 0 Å². The summed E-state index contributed by atoms with van der Waals surface area (Å²) >= 11 is 3.32. The highest BCUT2D eigenvalue weighted by atomic mass is 79.9. The predicted octanol–water partition coefficient (Wildman–Crippen LogP) is 2.63. The molecular formula is C13H20BrNO3. The lowest BCUT2D eigenvalue weighted by Gasteiger charge is -2.24. The molecule has 1 unspecified atom stereocenters. The summed E-state index contributed by atoms with van der Waals surface area (Å²) in [6.45, 7) is 3.56. The summed E-state index contributed by atoms with van der Waals surface area (Å²) in [6, 6.07) is 4.07. The average Bonchev–Trinajstić information content (AvgIpc) is 2.33. The molecule has 1 aromatic carbocycles. The number of halogens is 1.